The standard InChI is InChI=1S/C17H21N3O5S2/c1-3-20(4-2)14-8-7-12(27(18,23)24)10-13(14)19-16(21)11-25-17(22)15-6-5-9-26-15/h5-10H,3-4,11H2,1-2H3,(H,19,21)(H2,18,23,24). The summed E-state index contributed by atoms with van der Waals surface area (Å²) in [7, 11) is -3.93. The molecule has 27 heavy (non-hydrogen) atoms. The molecule has 0 spiro atoms. The number of anilines is 2. The number of carbonyl (C=O) groups excluding carboxylic acids is 2. The maximum atomic E-state index is 12.2. The average molecular weight is 412 g/mol. The molecular formula is C17H21N3O5S2. The van der Waals surface area contributed by atoms with Crippen LogP contribution < -0.4 is 15.4 Å². The number of rotatable bonds is 8. The fourth-order valence-corrected chi connectivity index (χ4v) is 3.57. The smallest absolute Gasteiger partial charge is 0.348 e. The summed E-state index contributed by atoms with van der Waals surface area (Å²) in [5.74, 6) is -1.18. The van der Waals surface area contributed by atoms with Crippen molar-refractivity contribution in [1.29, 1.82) is 0 Å². The molecule has 0 saturated carbocycles. The van der Waals surface area contributed by atoms with Gasteiger partial charge in [0.25, 0.3) is 5.91 Å². The maximum Gasteiger partial charge on any atom is 0.348 e. The molecule has 0 fully saturated rings. The number of benzene rings is 1. The van der Waals surface area contributed by atoms with E-state index < -0.39 is 28.5 Å². The van der Waals surface area contributed by atoms with Crippen molar-refractivity contribution in [3.05, 3.63) is 40.6 Å². The van der Waals surface area contributed by atoms with Gasteiger partial charge in [-0.05, 0) is 43.5 Å². The Labute approximate surface area is 162 Å². The molecule has 146 valence electrons. The van der Waals surface area contributed by atoms with E-state index in [0.717, 1.165) is 0 Å². The van der Waals surface area contributed by atoms with Gasteiger partial charge in [-0.2, -0.15) is 0 Å². The van der Waals surface area contributed by atoms with Crippen molar-refractivity contribution in [1.82, 2.24) is 0 Å². The average Bonchev–Trinajstić information content (AvgIpc) is 3.15. The van der Waals surface area contributed by atoms with Crippen LogP contribution in [-0.2, 0) is 19.6 Å². The molecular weight excluding hydrogens is 390 g/mol. The van der Waals surface area contributed by atoms with Gasteiger partial charge in [0.05, 0.1) is 16.3 Å². The summed E-state index contributed by atoms with van der Waals surface area (Å²) in [6.07, 6.45) is 0. The van der Waals surface area contributed by atoms with Crippen molar-refractivity contribution in [3.8, 4) is 0 Å². The van der Waals surface area contributed by atoms with Gasteiger partial charge in [0.2, 0.25) is 10.0 Å². The first kappa shape index (κ1) is 20.9. The first-order chi connectivity index (χ1) is 12.8. The van der Waals surface area contributed by atoms with Crippen LogP contribution in [0.4, 0.5) is 11.4 Å². The first-order valence-corrected chi connectivity index (χ1v) is 10.6. The second-order valence-corrected chi connectivity index (χ2v) is 8.01. The van der Waals surface area contributed by atoms with Gasteiger partial charge < -0.3 is 15.0 Å². The van der Waals surface area contributed by atoms with Crippen LogP contribution in [0.2, 0.25) is 0 Å². The lowest BCUT2D eigenvalue weighted by Gasteiger charge is -2.24. The third-order valence-electron chi connectivity index (χ3n) is 3.73. The number of thiophene rings is 1. The number of primary sulfonamides is 1. The summed E-state index contributed by atoms with van der Waals surface area (Å²) in [4.78, 5) is 26.3. The number of nitrogens with two attached hydrogens (primary N) is 1. The molecule has 0 aliphatic heterocycles. The monoisotopic (exact) mass is 411 g/mol. The largest absolute Gasteiger partial charge is 0.451 e. The van der Waals surface area contributed by atoms with Crippen LogP contribution in [0.15, 0.2) is 40.6 Å². The number of carbonyl (C=O) groups is 2. The zero-order chi connectivity index (χ0) is 20.0. The Kier molecular flexibility index (Phi) is 6.94. The van der Waals surface area contributed by atoms with E-state index in [1.165, 1.54) is 23.5 Å². The summed E-state index contributed by atoms with van der Waals surface area (Å²) < 4.78 is 28.2. The lowest BCUT2D eigenvalue weighted by atomic mass is 10.2. The number of nitrogens with zero attached hydrogens (tertiary/aromatic N) is 1. The Morgan fingerprint density at radius 1 is 1.22 bits per heavy atom. The summed E-state index contributed by atoms with van der Waals surface area (Å²) in [5.41, 5.74) is 0.924. The number of hydrogen-bond acceptors (Lipinski definition) is 7. The quantitative estimate of drug-likeness (QED) is 0.642. The van der Waals surface area contributed by atoms with Crippen molar-refractivity contribution in [2.45, 2.75) is 18.7 Å². The van der Waals surface area contributed by atoms with E-state index in [2.05, 4.69) is 5.32 Å². The van der Waals surface area contributed by atoms with Crippen molar-refractivity contribution < 1.29 is 22.7 Å². The molecule has 10 heteroatoms. The van der Waals surface area contributed by atoms with E-state index in [1.54, 1.807) is 23.6 Å². The van der Waals surface area contributed by atoms with Crippen molar-refractivity contribution in [2.75, 3.05) is 29.9 Å². The molecule has 1 amide bonds. The zero-order valence-corrected chi connectivity index (χ0v) is 16.6. The van der Waals surface area contributed by atoms with Crippen molar-refractivity contribution >= 4 is 44.6 Å². The molecule has 1 heterocycles. The summed E-state index contributed by atoms with van der Waals surface area (Å²) in [6, 6.07) is 7.56. The van der Waals surface area contributed by atoms with Gasteiger partial charge in [-0.15, -0.1) is 11.3 Å². The molecule has 0 saturated heterocycles. The first-order valence-electron chi connectivity index (χ1n) is 8.18. The van der Waals surface area contributed by atoms with Gasteiger partial charge in [-0.25, -0.2) is 18.4 Å². The summed E-state index contributed by atoms with van der Waals surface area (Å²) >= 11 is 1.21. The van der Waals surface area contributed by atoms with Crippen LogP contribution in [-0.4, -0.2) is 40.0 Å². The fourth-order valence-electron chi connectivity index (χ4n) is 2.42. The van der Waals surface area contributed by atoms with E-state index in [4.69, 9.17) is 9.88 Å². The van der Waals surface area contributed by atoms with Crippen LogP contribution in [0, 0.1) is 0 Å². The molecule has 0 radical (unpaired) electrons. The molecule has 1 aromatic carbocycles. The lowest BCUT2D eigenvalue weighted by Crippen LogP contribution is -2.26. The maximum absolute atomic E-state index is 12.2. The van der Waals surface area contributed by atoms with E-state index in [1.807, 2.05) is 18.7 Å². The summed E-state index contributed by atoms with van der Waals surface area (Å²) in [6.45, 7) is 4.69. The van der Waals surface area contributed by atoms with Crippen LogP contribution in [0.3, 0.4) is 0 Å². The normalized spacial score (nSPS) is 11.1. The Hall–Kier alpha value is -2.43. The molecule has 2 rings (SSSR count). The Morgan fingerprint density at radius 2 is 1.93 bits per heavy atom. The van der Waals surface area contributed by atoms with Gasteiger partial charge in [0, 0.05) is 13.1 Å². The lowest BCUT2D eigenvalue weighted by molar-refractivity contribution is -0.119. The molecule has 0 bridgehead atoms. The van der Waals surface area contributed by atoms with Crippen molar-refractivity contribution in [2.24, 2.45) is 5.14 Å². The van der Waals surface area contributed by atoms with Gasteiger partial charge in [0.1, 0.15) is 4.88 Å². The predicted molar refractivity (Wildman–Crippen MR) is 105 cm³/mol. The fraction of sp³-hybridized carbons (Fsp3) is 0.294. The molecule has 1 aromatic heterocycles. The van der Waals surface area contributed by atoms with Crippen molar-refractivity contribution in [3.63, 3.8) is 0 Å². The minimum atomic E-state index is -3.93. The second-order valence-electron chi connectivity index (χ2n) is 5.50. The molecule has 0 atom stereocenters. The highest BCUT2D eigenvalue weighted by Gasteiger charge is 2.17. The number of amides is 1. The molecule has 0 aliphatic rings. The highest BCUT2D eigenvalue weighted by atomic mass is 32.2. The number of nitrogens with one attached hydrogen (secondary N) is 1. The third kappa shape index (κ3) is 5.52. The second kappa shape index (κ2) is 8.98. The van der Waals surface area contributed by atoms with E-state index in [-0.39, 0.29) is 10.6 Å². The molecule has 0 aliphatic carbocycles. The minimum absolute atomic E-state index is 0.121. The topological polar surface area (TPSA) is 119 Å². The third-order valence-corrected chi connectivity index (χ3v) is 5.49. The van der Waals surface area contributed by atoms with Gasteiger partial charge in [-0.1, -0.05) is 6.07 Å². The van der Waals surface area contributed by atoms with E-state index in [0.29, 0.717) is 23.7 Å². The van der Waals surface area contributed by atoms with Crippen LogP contribution >= 0.6 is 11.3 Å². The Balaban J connectivity index is 2.18. The van der Waals surface area contributed by atoms with E-state index in [9.17, 15) is 18.0 Å². The SMILES string of the molecule is CCN(CC)c1ccc(S(N)(=O)=O)cc1NC(=O)COC(=O)c1cccs1. The predicted octanol–water partition coefficient (Wildman–Crippen LogP) is 2.04. The van der Waals surface area contributed by atoms with Crippen LogP contribution in [0.5, 0.6) is 0 Å². The van der Waals surface area contributed by atoms with Crippen LogP contribution in [0.25, 0.3) is 0 Å². The number of sulfonamides is 1. The molecule has 2 aromatic rings. The number of hydrogen-bond donors (Lipinski definition) is 2. The Morgan fingerprint density at radius 3 is 2.48 bits per heavy atom. The summed E-state index contributed by atoms with van der Waals surface area (Å²) in [5, 5.41) is 9.50. The molecule has 0 unspecified atom stereocenters. The van der Waals surface area contributed by atoms with Crippen LogP contribution in [0.1, 0.15) is 23.5 Å². The molecule has 3 N–H and O–H groups in total. The highest BCUT2D eigenvalue weighted by Crippen LogP contribution is 2.28. The molecule has 8 nitrogen and oxygen atoms in total. The highest BCUT2D eigenvalue weighted by molar-refractivity contribution is 7.89. The number of ether oxygens (including phenoxy) is 1. The van der Waals surface area contributed by atoms with Gasteiger partial charge in [-0.3, -0.25) is 4.79 Å². The minimum Gasteiger partial charge on any atom is -0.451 e. The van der Waals surface area contributed by atoms with Gasteiger partial charge >= 0.3 is 5.97 Å². The zero-order valence-electron chi connectivity index (χ0n) is 15.0. The van der Waals surface area contributed by atoms with E-state index >= 15 is 0 Å². The Bertz CT molecular complexity index is 907. The van der Waals surface area contributed by atoms with Gasteiger partial charge in [0.15, 0.2) is 6.61 Å². The number of esters is 1.